The van der Waals surface area contributed by atoms with E-state index in [-0.39, 0.29) is 22.6 Å². The number of guanidine groups is 1. The Morgan fingerprint density at radius 1 is 1.27 bits per heavy atom. The highest BCUT2D eigenvalue weighted by Gasteiger charge is 2.24. The Morgan fingerprint density at radius 3 is 2.70 bits per heavy atom. The summed E-state index contributed by atoms with van der Waals surface area (Å²) < 4.78 is 61.2. The summed E-state index contributed by atoms with van der Waals surface area (Å²) in [5.41, 5.74) is 9.42. The summed E-state index contributed by atoms with van der Waals surface area (Å²) in [6.45, 7) is 0. The van der Waals surface area contributed by atoms with Crippen LogP contribution in [0.25, 0.3) is 0 Å². The number of nitrogens with two attached hydrogens (primary N) is 1. The normalized spacial score (nSPS) is 13.1. The Hall–Kier alpha value is -3.56. The predicted molar refractivity (Wildman–Crippen MR) is 106 cm³/mol. The molecule has 1 aliphatic heterocycles. The second-order valence-electron chi connectivity index (χ2n) is 5.61. The second-order valence-corrected chi connectivity index (χ2v) is 7.69. The largest absolute Gasteiger partial charge is 0.480 e. The minimum Gasteiger partial charge on any atom is -0.480 e. The molecule has 0 aliphatic carbocycles. The Kier molecular flexibility index (Phi) is 5.95. The van der Waals surface area contributed by atoms with Crippen molar-refractivity contribution in [1.82, 2.24) is 15.8 Å². The first-order chi connectivity index (χ1) is 14.2. The van der Waals surface area contributed by atoms with Gasteiger partial charge in [-0.25, -0.2) is 27.2 Å². The van der Waals surface area contributed by atoms with Gasteiger partial charge in [-0.3, -0.25) is 15.6 Å². The van der Waals surface area contributed by atoms with Crippen LogP contribution in [-0.2, 0) is 10.0 Å². The highest BCUT2D eigenvalue weighted by Crippen LogP contribution is 2.28. The lowest BCUT2D eigenvalue weighted by Crippen LogP contribution is -2.43. The van der Waals surface area contributed by atoms with E-state index in [9.17, 15) is 17.2 Å². The van der Waals surface area contributed by atoms with Gasteiger partial charge in [0.25, 0.3) is 10.0 Å². The van der Waals surface area contributed by atoms with Crippen LogP contribution in [0.1, 0.15) is 5.56 Å². The van der Waals surface area contributed by atoms with Crippen LogP contribution in [-0.4, -0.2) is 26.5 Å². The summed E-state index contributed by atoms with van der Waals surface area (Å²) in [6, 6.07) is 2.87. The summed E-state index contributed by atoms with van der Waals surface area (Å²) in [5, 5.41) is 0.0208. The van der Waals surface area contributed by atoms with Gasteiger partial charge < -0.3 is 10.5 Å². The molecule has 2 aromatic rings. The van der Waals surface area contributed by atoms with Crippen molar-refractivity contribution in [3.63, 3.8) is 0 Å². The van der Waals surface area contributed by atoms with Gasteiger partial charge in [-0.15, -0.1) is 0 Å². The maximum Gasteiger partial charge on any atom is 0.267 e. The lowest BCUT2D eigenvalue weighted by molar-refractivity contribution is 0.385. The second kappa shape index (κ2) is 8.44. The molecule has 156 valence electrons. The number of pyridine rings is 1. The molecule has 0 amide bonds. The number of hydrogen-bond acceptors (Lipinski definition) is 8. The van der Waals surface area contributed by atoms with E-state index < -0.39 is 37.8 Å². The standard InChI is InChI=1S/C17H13ClF2N6O3S/c1-29-16-14(6-9(18)7-22-16)30(27,28)26-13-5-4-12(19)11(15(13)20)3-2-10-8-23-17(21)25-24-10/h4-8,24,26H,1H3,(H3,21,23,25). The lowest BCUT2D eigenvalue weighted by Gasteiger charge is -2.13. The van der Waals surface area contributed by atoms with Gasteiger partial charge in [0, 0.05) is 6.20 Å². The first kappa shape index (κ1) is 21.2. The van der Waals surface area contributed by atoms with Gasteiger partial charge in [0.05, 0.1) is 29.6 Å². The molecule has 9 nitrogen and oxygen atoms in total. The van der Waals surface area contributed by atoms with Gasteiger partial charge in [0.2, 0.25) is 11.8 Å². The van der Waals surface area contributed by atoms with E-state index in [0.29, 0.717) is 0 Å². The molecule has 0 spiro atoms. The number of ether oxygens (including phenoxy) is 1. The van der Waals surface area contributed by atoms with Gasteiger partial charge in [-0.1, -0.05) is 17.5 Å². The fourth-order valence-corrected chi connectivity index (χ4v) is 3.65. The number of aliphatic imine (C=N–C) groups is 1. The molecule has 1 aromatic heterocycles. The first-order valence-electron chi connectivity index (χ1n) is 7.99. The zero-order valence-electron chi connectivity index (χ0n) is 15.1. The zero-order chi connectivity index (χ0) is 21.9. The number of hydrazine groups is 1. The molecule has 30 heavy (non-hydrogen) atoms. The van der Waals surface area contributed by atoms with E-state index in [1.54, 1.807) is 0 Å². The van der Waals surface area contributed by atoms with E-state index in [1.165, 1.54) is 19.5 Å². The number of aromatic nitrogens is 1. The van der Waals surface area contributed by atoms with Crippen molar-refractivity contribution in [3.05, 3.63) is 58.5 Å². The highest BCUT2D eigenvalue weighted by atomic mass is 35.5. The number of hydrogen-bond donors (Lipinski definition) is 4. The molecular formula is C17H13ClF2N6O3S. The number of nitrogens with one attached hydrogen (secondary N) is 3. The number of allylic oxidation sites excluding steroid dienone is 1. The molecule has 0 fully saturated rings. The van der Waals surface area contributed by atoms with Crippen molar-refractivity contribution in [2.75, 3.05) is 11.8 Å². The number of benzene rings is 1. The third kappa shape index (κ3) is 4.53. The summed E-state index contributed by atoms with van der Waals surface area (Å²) >= 11 is 5.80. The molecule has 0 saturated carbocycles. The summed E-state index contributed by atoms with van der Waals surface area (Å²) in [4.78, 5) is 7.07. The van der Waals surface area contributed by atoms with Crippen molar-refractivity contribution >= 4 is 33.3 Å². The molecular weight excluding hydrogens is 442 g/mol. The molecule has 0 saturated heterocycles. The van der Waals surface area contributed by atoms with Crippen molar-refractivity contribution < 1.29 is 21.9 Å². The molecule has 3 rings (SSSR count). The van der Waals surface area contributed by atoms with Crippen LogP contribution in [0.15, 0.2) is 46.2 Å². The average Bonchev–Trinajstić information content (AvgIpc) is 2.71. The van der Waals surface area contributed by atoms with Crippen LogP contribution in [0.2, 0.25) is 5.02 Å². The molecule has 13 heteroatoms. The topological polar surface area (TPSA) is 131 Å². The summed E-state index contributed by atoms with van der Waals surface area (Å²) in [7, 11) is -3.16. The molecule has 2 heterocycles. The van der Waals surface area contributed by atoms with Crippen LogP contribution in [0.3, 0.4) is 0 Å². The Morgan fingerprint density at radius 2 is 2.03 bits per heavy atom. The van der Waals surface area contributed by atoms with Gasteiger partial charge >= 0.3 is 0 Å². The summed E-state index contributed by atoms with van der Waals surface area (Å²) in [5.74, 6) is 2.37. The predicted octanol–water partition coefficient (Wildman–Crippen LogP) is 1.44. The van der Waals surface area contributed by atoms with Crippen LogP contribution in [0.4, 0.5) is 14.5 Å². The van der Waals surface area contributed by atoms with Crippen molar-refractivity contribution in [3.8, 4) is 17.7 Å². The van der Waals surface area contributed by atoms with Crippen molar-refractivity contribution in [2.24, 2.45) is 10.7 Å². The van der Waals surface area contributed by atoms with Crippen molar-refractivity contribution in [1.29, 1.82) is 0 Å². The van der Waals surface area contributed by atoms with Gasteiger partial charge in [0.15, 0.2) is 10.7 Å². The van der Waals surface area contributed by atoms with E-state index in [0.717, 1.165) is 18.2 Å². The maximum absolute atomic E-state index is 14.8. The summed E-state index contributed by atoms with van der Waals surface area (Å²) in [6.07, 6.45) is 2.44. The number of sulfonamides is 1. The lowest BCUT2D eigenvalue weighted by atomic mass is 10.1. The molecule has 1 aliphatic rings. The molecule has 0 unspecified atom stereocenters. The Labute approximate surface area is 175 Å². The quantitative estimate of drug-likeness (QED) is 0.514. The van der Waals surface area contributed by atoms with E-state index in [4.69, 9.17) is 22.1 Å². The first-order valence-corrected chi connectivity index (χ1v) is 9.85. The SMILES string of the molecule is COc1ncc(Cl)cc1S(=O)(=O)Nc1ccc(F)c(C#CC2=CN=C(N)NN2)c1F. The zero-order valence-corrected chi connectivity index (χ0v) is 16.7. The maximum atomic E-state index is 14.8. The Balaban J connectivity index is 1.97. The Bertz CT molecular complexity index is 1240. The monoisotopic (exact) mass is 454 g/mol. The fourth-order valence-electron chi connectivity index (χ4n) is 2.22. The van der Waals surface area contributed by atoms with E-state index in [2.05, 4.69) is 32.7 Å². The van der Waals surface area contributed by atoms with E-state index >= 15 is 0 Å². The average molecular weight is 455 g/mol. The molecule has 5 N–H and O–H groups in total. The van der Waals surface area contributed by atoms with Crippen LogP contribution in [0.5, 0.6) is 5.88 Å². The third-order valence-electron chi connectivity index (χ3n) is 3.58. The number of halogens is 3. The number of nitrogens with zero attached hydrogens (tertiary/aromatic N) is 2. The fraction of sp³-hybridized carbons (Fsp3) is 0.0588. The highest BCUT2D eigenvalue weighted by molar-refractivity contribution is 7.92. The van der Waals surface area contributed by atoms with Crippen molar-refractivity contribution in [2.45, 2.75) is 4.90 Å². The van der Waals surface area contributed by atoms with Gasteiger partial charge in [-0.2, -0.15) is 0 Å². The van der Waals surface area contributed by atoms with Crippen LogP contribution in [0, 0.1) is 23.5 Å². The minimum atomic E-state index is -4.37. The van der Waals surface area contributed by atoms with Gasteiger partial charge in [0.1, 0.15) is 11.5 Å². The third-order valence-corrected chi connectivity index (χ3v) is 5.15. The van der Waals surface area contributed by atoms with Crippen LogP contribution < -0.4 is 26.0 Å². The van der Waals surface area contributed by atoms with Gasteiger partial charge in [-0.05, 0) is 24.1 Å². The van der Waals surface area contributed by atoms with E-state index in [1.807, 2.05) is 4.72 Å². The molecule has 0 radical (unpaired) electrons. The molecule has 0 atom stereocenters. The number of methoxy groups -OCH3 is 1. The van der Waals surface area contributed by atoms with Crippen LogP contribution >= 0.6 is 11.6 Å². The number of rotatable bonds is 4. The smallest absolute Gasteiger partial charge is 0.267 e. The number of anilines is 1. The minimum absolute atomic E-state index is 0.0208. The molecule has 1 aromatic carbocycles. The molecule has 0 bridgehead atoms.